The topological polar surface area (TPSA) is 60.7 Å². The summed E-state index contributed by atoms with van der Waals surface area (Å²) in [7, 11) is 1.69. The number of aryl methyl sites for hydroxylation is 2. The Morgan fingerprint density at radius 1 is 1.47 bits per heavy atom. The van der Waals surface area contributed by atoms with Gasteiger partial charge in [0.15, 0.2) is 5.82 Å². The fraction of sp³-hybridized carbons (Fsp3) is 0.200. The quantitative estimate of drug-likeness (QED) is 0.674. The summed E-state index contributed by atoms with van der Waals surface area (Å²) in [6.45, 7) is 1.87. The van der Waals surface area contributed by atoms with Crippen LogP contribution in [0.1, 0.15) is 21.7 Å². The van der Waals surface area contributed by atoms with E-state index in [1.165, 1.54) is 11.0 Å². The third-order valence-corrected chi connectivity index (χ3v) is 2.20. The number of pyridine rings is 1. The van der Waals surface area contributed by atoms with E-state index in [1.807, 2.05) is 6.92 Å². The molecule has 0 saturated carbocycles. The minimum Gasteiger partial charge on any atom is -0.285 e. The smallest absolute Gasteiger partial charge is 0.231 e. The van der Waals surface area contributed by atoms with Crippen molar-refractivity contribution in [2.45, 2.75) is 6.92 Å². The Morgan fingerprint density at radius 2 is 2.27 bits per heavy atom. The molecule has 0 aromatic carbocycles. The molecule has 0 saturated heterocycles. The zero-order valence-electron chi connectivity index (χ0n) is 8.51. The predicted octanol–water partition coefficient (Wildman–Crippen LogP) is 0.750. The van der Waals surface area contributed by atoms with Gasteiger partial charge in [-0.3, -0.25) is 9.78 Å². The number of ketones is 1. The van der Waals surface area contributed by atoms with Crippen LogP contribution in [0.4, 0.5) is 0 Å². The summed E-state index contributed by atoms with van der Waals surface area (Å²) in [5.74, 6) is 0.173. The van der Waals surface area contributed by atoms with E-state index in [9.17, 15) is 4.79 Å². The molecule has 5 heteroatoms. The van der Waals surface area contributed by atoms with E-state index in [0.717, 1.165) is 5.56 Å². The molecule has 0 atom stereocenters. The van der Waals surface area contributed by atoms with Gasteiger partial charge in [-0.25, -0.2) is 9.67 Å². The molecular formula is C10H10N4O. The highest BCUT2D eigenvalue weighted by molar-refractivity contribution is 6.07. The molecule has 0 aliphatic rings. The normalized spacial score (nSPS) is 10.3. The highest BCUT2D eigenvalue weighted by Gasteiger charge is 2.16. The lowest BCUT2D eigenvalue weighted by atomic mass is 10.1. The maximum absolute atomic E-state index is 12.0. The summed E-state index contributed by atoms with van der Waals surface area (Å²) in [5.41, 5.74) is 1.45. The fourth-order valence-corrected chi connectivity index (χ4v) is 1.32. The lowest BCUT2D eigenvalue weighted by Gasteiger charge is -2.02. The summed E-state index contributed by atoms with van der Waals surface area (Å²) >= 11 is 0. The van der Waals surface area contributed by atoms with Crippen molar-refractivity contribution >= 4 is 5.78 Å². The van der Waals surface area contributed by atoms with Crippen LogP contribution in [0.2, 0.25) is 0 Å². The largest absolute Gasteiger partial charge is 0.285 e. The van der Waals surface area contributed by atoms with Crippen molar-refractivity contribution in [1.29, 1.82) is 0 Å². The van der Waals surface area contributed by atoms with E-state index >= 15 is 0 Å². The first kappa shape index (κ1) is 9.51. The van der Waals surface area contributed by atoms with Crippen molar-refractivity contribution in [3.8, 4) is 0 Å². The molecule has 0 fully saturated rings. The van der Waals surface area contributed by atoms with Crippen molar-refractivity contribution in [2.24, 2.45) is 7.05 Å². The molecule has 2 heterocycles. The Morgan fingerprint density at radius 3 is 2.87 bits per heavy atom. The second kappa shape index (κ2) is 3.61. The number of carbonyl (C=O) groups excluding carboxylic acids is 1. The van der Waals surface area contributed by atoms with Gasteiger partial charge in [0.05, 0.1) is 0 Å². The van der Waals surface area contributed by atoms with Crippen molar-refractivity contribution in [3.63, 3.8) is 0 Å². The zero-order valence-corrected chi connectivity index (χ0v) is 8.51. The molecule has 0 spiro atoms. The van der Waals surface area contributed by atoms with Gasteiger partial charge in [0.25, 0.3) is 0 Å². The monoisotopic (exact) mass is 202 g/mol. The molecule has 15 heavy (non-hydrogen) atoms. The molecule has 76 valence electrons. The molecule has 0 amide bonds. The van der Waals surface area contributed by atoms with Crippen molar-refractivity contribution in [2.75, 3.05) is 0 Å². The number of hydrogen-bond donors (Lipinski definition) is 0. The summed E-state index contributed by atoms with van der Waals surface area (Å²) in [5, 5.41) is 3.86. The maximum atomic E-state index is 12.0. The second-order valence-electron chi connectivity index (χ2n) is 3.23. The lowest BCUT2D eigenvalue weighted by molar-refractivity contribution is 0.102. The Labute approximate surface area is 86.8 Å². The van der Waals surface area contributed by atoms with Crippen LogP contribution in [0.5, 0.6) is 0 Å². The number of hydrogen-bond acceptors (Lipinski definition) is 4. The van der Waals surface area contributed by atoms with Crippen LogP contribution in [-0.2, 0) is 7.05 Å². The molecule has 0 unspecified atom stereocenters. The number of rotatable bonds is 2. The van der Waals surface area contributed by atoms with Crippen LogP contribution in [0.3, 0.4) is 0 Å². The van der Waals surface area contributed by atoms with Crippen molar-refractivity contribution < 1.29 is 4.79 Å². The molecule has 0 aliphatic heterocycles. The van der Waals surface area contributed by atoms with Gasteiger partial charge in [-0.05, 0) is 18.6 Å². The van der Waals surface area contributed by atoms with Gasteiger partial charge in [-0.15, -0.1) is 0 Å². The van der Waals surface area contributed by atoms with Crippen LogP contribution in [0, 0.1) is 6.92 Å². The van der Waals surface area contributed by atoms with E-state index in [-0.39, 0.29) is 5.78 Å². The summed E-state index contributed by atoms with van der Waals surface area (Å²) in [4.78, 5) is 19.8. The van der Waals surface area contributed by atoms with Crippen LogP contribution in [-0.4, -0.2) is 25.5 Å². The van der Waals surface area contributed by atoms with Gasteiger partial charge in [0.1, 0.15) is 6.33 Å². The Hall–Kier alpha value is -2.04. The molecule has 2 aromatic rings. The third kappa shape index (κ3) is 1.63. The standard InChI is InChI=1S/C10H10N4O/c1-7-3-4-11-5-8(7)9(15)10-12-6-13-14(10)2/h3-6H,1-2H3. The highest BCUT2D eigenvalue weighted by atomic mass is 16.1. The third-order valence-electron chi connectivity index (χ3n) is 2.20. The highest BCUT2D eigenvalue weighted by Crippen LogP contribution is 2.09. The summed E-state index contributed by atoms with van der Waals surface area (Å²) in [6.07, 6.45) is 4.56. The molecule has 2 rings (SSSR count). The molecule has 2 aromatic heterocycles. The van der Waals surface area contributed by atoms with Gasteiger partial charge in [0, 0.05) is 25.0 Å². The Balaban J connectivity index is 2.46. The number of carbonyl (C=O) groups is 1. The van der Waals surface area contributed by atoms with Gasteiger partial charge in [0.2, 0.25) is 5.78 Å². The Kier molecular flexibility index (Phi) is 2.29. The van der Waals surface area contributed by atoms with Crippen LogP contribution >= 0.6 is 0 Å². The summed E-state index contributed by atoms with van der Waals surface area (Å²) < 4.78 is 1.45. The minimum absolute atomic E-state index is 0.152. The van der Waals surface area contributed by atoms with Crippen molar-refractivity contribution in [3.05, 3.63) is 41.7 Å². The number of nitrogens with zero attached hydrogens (tertiary/aromatic N) is 4. The second-order valence-corrected chi connectivity index (χ2v) is 3.23. The lowest BCUT2D eigenvalue weighted by Crippen LogP contribution is -2.11. The van der Waals surface area contributed by atoms with Gasteiger partial charge in [-0.2, -0.15) is 5.10 Å². The van der Waals surface area contributed by atoms with Crippen LogP contribution < -0.4 is 0 Å². The summed E-state index contributed by atoms with van der Waals surface area (Å²) in [6, 6.07) is 1.80. The van der Waals surface area contributed by atoms with E-state index in [4.69, 9.17) is 0 Å². The van der Waals surface area contributed by atoms with Gasteiger partial charge in [-0.1, -0.05) is 0 Å². The average Bonchev–Trinajstić information content (AvgIpc) is 2.64. The SMILES string of the molecule is Cc1ccncc1C(=O)c1ncnn1C. The number of aromatic nitrogens is 4. The molecular weight excluding hydrogens is 192 g/mol. The molecule has 0 bridgehead atoms. The van der Waals surface area contributed by atoms with Gasteiger partial charge < -0.3 is 0 Å². The fourth-order valence-electron chi connectivity index (χ4n) is 1.32. The van der Waals surface area contributed by atoms with Crippen molar-refractivity contribution in [1.82, 2.24) is 19.7 Å². The Bertz CT molecular complexity index is 504. The molecule has 0 radical (unpaired) electrons. The van der Waals surface area contributed by atoms with Crippen LogP contribution in [0.25, 0.3) is 0 Å². The predicted molar refractivity (Wildman–Crippen MR) is 53.4 cm³/mol. The molecule has 0 N–H and O–H groups in total. The molecule has 0 aliphatic carbocycles. The molecule has 5 nitrogen and oxygen atoms in total. The van der Waals surface area contributed by atoms with E-state index in [1.54, 1.807) is 25.5 Å². The van der Waals surface area contributed by atoms with E-state index in [2.05, 4.69) is 15.1 Å². The first-order chi connectivity index (χ1) is 7.20. The van der Waals surface area contributed by atoms with E-state index in [0.29, 0.717) is 11.4 Å². The first-order valence-electron chi connectivity index (χ1n) is 4.49. The van der Waals surface area contributed by atoms with Gasteiger partial charge >= 0.3 is 0 Å². The minimum atomic E-state index is -0.152. The van der Waals surface area contributed by atoms with Crippen LogP contribution in [0.15, 0.2) is 24.8 Å². The maximum Gasteiger partial charge on any atom is 0.231 e. The first-order valence-corrected chi connectivity index (χ1v) is 4.49. The van der Waals surface area contributed by atoms with E-state index < -0.39 is 0 Å². The average molecular weight is 202 g/mol. The zero-order chi connectivity index (χ0) is 10.8.